The number of rotatable bonds is 9. The Morgan fingerprint density at radius 3 is 2.76 bits per heavy atom. The largest absolute Gasteiger partial charge is 0.462 e. The van der Waals surface area contributed by atoms with Gasteiger partial charge in [0, 0.05) is 11.4 Å². The number of thioether (sulfide) groups is 1. The number of carbonyl (C=O) groups is 2. The van der Waals surface area contributed by atoms with Crippen molar-refractivity contribution in [3.05, 3.63) is 74.0 Å². The van der Waals surface area contributed by atoms with Gasteiger partial charge in [-0.25, -0.2) is 9.78 Å². The van der Waals surface area contributed by atoms with Gasteiger partial charge in [-0.1, -0.05) is 30.0 Å². The monoisotopic (exact) mass is 499 g/mol. The lowest BCUT2D eigenvalue weighted by atomic mass is 10.2. The minimum atomic E-state index is -0.493. The van der Waals surface area contributed by atoms with E-state index in [9.17, 15) is 14.4 Å². The average molecular weight is 500 g/mol. The van der Waals surface area contributed by atoms with Gasteiger partial charge in [0.2, 0.25) is 5.91 Å². The molecule has 0 aliphatic carbocycles. The SMILES string of the molecule is CCOC(=O)c1ccccc1NC(=O)CSc1nc2ccsc2c(=O)n1CCc1cccs1. The molecule has 4 aromatic rings. The maximum atomic E-state index is 13.1. The fourth-order valence-electron chi connectivity index (χ4n) is 3.20. The molecule has 0 atom stereocenters. The molecule has 170 valence electrons. The van der Waals surface area contributed by atoms with Gasteiger partial charge >= 0.3 is 5.97 Å². The van der Waals surface area contributed by atoms with E-state index in [-0.39, 0.29) is 23.8 Å². The molecule has 0 unspecified atom stereocenters. The quantitative estimate of drug-likeness (QED) is 0.204. The number of hydrogen-bond donors (Lipinski definition) is 1. The third kappa shape index (κ3) is 5.52. The number of nitrogens with zero attached hydrogens (tertiary/aromatic N) is 2. The number of aromatic nitrogens is 2. The lowest BCUT2D eigenvalue weighted by Gasteiger charge is -2.13. The van der Waals surface area contributed by atoms with Crippen LogP contribution < -0.4 is 10.9 Å². The highest BCUT2D eigenvalue weighted by molar-refractivity contribution is 7.99. The molecule has 1 aromatic carbocycles. The Bertz CT molecular complexity index is 1330. The molecule has 10 heteroatoms. The number of esters is 1. The van der Waals surface area contributed by atoms with E-state index in [1.165, 1.54) is 28.0 Å². The maximum absolute atomic E-state index is 13.1. The van der Waals surface area contributed by atoms with Gasteiger partial charge in [-0.05, 0) is 48.4 Å². The number of carbonyl (C=O) groups excluding carboxylic acids is 2. The van der Waals surface area contributed by atoms with Crippen molar-refractivity contribution in [2.75, 3.05) is 17.7 Å². The predicted octanol–water partition coefficient (Wildman–Crippen LogP) is 4.67. The highest BCUT2D eigenvalue weighted by Gasteiger charge is 2.17. The van der Waals surface area contributed by atoms with E-state index in [4.69, 9.17) is 4.74 Å². The normalized spacial score (nSPS) is 10.9. The second-order valence-electron chi connectivity index (χ2n) is 6.92. The molecule has 33 heavy (non-hydrogen) atoms. The zero-order valence-corrected chi connectivity index (χ0v) is 20.2. The molecule has 1 amide bonds. The molecule has 0 fully saturated rings. The van der Waals surface area contributed by atoms with Crippen LogP contribution in [0.3, 0.4) is 0 Å². The molecule has 0 aliphatic rings. The number of para-hydroxylation sites is 1. The van der Waals surface area contributed by atoms with Crippen molar-refractivity contribution in [3.63, 3.8) is 0 Å². The smallest absolute Gasteiger partial charge is 0.340 e. The Kier molecular flexibility index (Phi) is 7.58. The van der Waals surface area contributed by atoms with Crippen LogP contribution in [0.15, 0.2) is 63.2 Å². The topological polar surface area (TPSA) is 90.3 Å². The summed E-state index contributed by atoms with van der Waals surface area (Å²) in [5.41, 5.74) is 1.22. The second-order valence-corrected chi connectivity index (χ2v) is 9.81. The average Bonchev–Trinajstić information content (AvgIpc) is 3.50. The summed E-state index contributed by atoms with van der Waals surface area (Å²) in [5.74, 6) is -0.757. The minimum absolute atomic E-state index is 0.0399. The van der Waals surface area contributed by atoms with E-state index in [0.29, 0.717) is 39.6 Å². The van der Waals surface area contributed by atoms with Crippen LogP contribution in [0.1, 0.15) is 22.2 Å². The van der Waals surface area contributed by atoms with Gasteiger partial charge in [-0.3, -0.25) is 14.2 Å². The van der Waals surface area contributed by atoms with Crippen LogP contribution >= 0.6 is 34.4 Å². The first-order valence-electron chi connectivity index (χ1n) is 10.3. The fourth-order valence-corrected chi connectivity index (χ4v) is 5.50. The van der Waals surface area contributed by atoms with Crippen molar-refractivity contribution >= 4 is 62.2 Å². The number of anilines is 1. The van der Waals surface area contributed by atoms with Crippen molar-refractivity contribution in [2.45, 2.75) is 25.0 Å². The highest BCUT2D eigenvalue weighted by Crippen LogP contribution is 2.23. The summed E-state index contributed by atoms with van der Waals surface area (Å²) in [7, 11) is 0. The number of benzene rings is 1. The summed E-state index contributed by atoms with van der Waals surface area (Å²) in [6, 6.07) is 12.5. The Hall–Kier alpha value is -2.95. The van der Waals surface area contributed by atoms with E-state index in [1.54, 1.807) is 47.1 Å². The van der Waals surface area contributed by atoms with Crippen molar-refractivity contribution in [3.8, 4) is 0 Å². The van der Waals surface area contributed by atoms with Crippen molar-refractivity contribution in [1.82, 2.24) is 9.55 Å². The lowest BCUT2D eigenvalue weighted by molar-refractivity contribution is -0.113. The molecular formula is C23H21N3O4S3. The summed E-state index contributed by atoms with van der Waals surface area (Å²) in [4.78, 5) is 43.7. The first-order chi connectivity index (χ1) is 16.1. The summed E-state index contributed by atoms with van der Waals surface area (Å²) in [5, 5.41) is 7.12. The molecule has 0 bridgehead atoms. The van der Waals surface area contributed by atoms with Crippen LogP contribution in [-0.4, -0.2) is 33.8 Å². The summed E-state index contributed by atoms with van der Waals surface area (Å²) < 4.78 is 7.31. The summed E-state index contributed by atoms with van der Waals surface area (Å²) in [6.45, 7) is 2.46. The zero-order chi connectivity index (χ0) is 23.2. The number of hydrogen-bond acceptors (Lipinski definition) is 8. The van der Waals surface area contributed by atoms with E-state index >= 15 is 0 Å². The Balaban J connectivity index is 1.51. The van der Waals surface area contributed by atoms with Crippen LogP contribution in [-0.2, 0) is 22.5 Å². The molecule has 0 saturated heterocycles. The number of fused-ring (bicyclic) bond motifs is 1. The molecular weight excluding hydrogens is 478 g/mol. The van der Waals surface area contributed by atoms with Crippen molar-refractivity contribution in [1.29, 1.82) is 0 Å². The van der Waals surface area contributed by atoms with Crippen molar-refractivity contribution in [2.24, 2.45) is 0 Å². The molecule has 1 N–H and O–H groups in total. The van der Waals surface area contributed by atoms with Crippen LogP contribution in [0.25, 0.3) is 10.2 Å². The van der Waals surface area contributed by atoms with Gasteiger partial charge in [0.05, 0.1) is 29.1 Å². The standard InChI is InChI=1S/C23H21N3O4S3/c1-2-30-22(29)16-7-3-4-8-17(16)24-19(27)14-33-23-25-18-10-13-32-20(18)21(28)26(23)11-9-15-6-5-12-31-15/h3-8,10,12-13H,2,9,11,14H2,1H3,(H,24,27). The zero-order valence-electron chi connectivity index (χ0n) is 17.8. The third-order valence-corrected chi connectivity index (χ3v) is 7.53. The number of ether oxygens (including phenoxy) is 1. The summed E-state index contributed by atoms with van der Waals surface area (Å²) in [6.07, 6.45) is 0.711. The fraction of sp³-hybridized carbons (Fsp3) is 0.217. The van der Waals surface area contributed by atoms with E-state index < -0.39 is 5.97 Å². The third-order valence-electron chi connectivity index (χ3n) is 4.72. The van der Waals surface area contributed by atoms with E-state index in [2.05, 4.69) is 10.3 Å². The first kappa shape index (κ1) is 23.2. The number of aryl methyl sites for hydroxylation is 1. The van der Waals surface area contributed by atoms with Crippen LogP contribution in [0.5, 0.6) is 0 Å². The highest BCUT2D eigenvalue weighted by atomic mass is 32.2. The number of amides is 1. The van der Waals surface area contributed by atoms with Gasteiger partial charge in [-0.15, -0.1) is 22.7 Å². The molecule has 3 aromatic heterocycles. The summed E-state index contributed by atoms with van der Waals surface area (Å²) >= 11 is 4.21. The molecule has 0 saturated carbocycles. The van der Waals surface area contributed by atoms with Gasteiger partial charge in [-0.2, -0.15) is 0 Å². The van der Waals surface area contributed by atoms with Crippen LogP contribution in [0, 0.1) is 0 Å². The number of nitrogens with one attached hydrogen (secondary N) is 1. The van der Waals surface area contributed by atoms with Gasteiger partial charge in [0.15, 0.2) is 5.16 Å². The molecule has 0 radical (unpaired) electrons. The van der Waals surface area contributed by atoms with Crippen molar-refractivity contribution < 1.29 is 14.3 Å². The molecule has 0 aliphatic heterocycles. The Labute approximate surface area is 202 Å². The second kappa shape index (κ2) is 10.8. The van der Waals surface area contributed by atoms with E-state index in [1.807, 2.05) is 29.0 Å². The predicted molar refractivity (Wildman–Crippen MR) is 134 cm³/mol. The van der Waals surface area contributed by atoms with Crippen LogP contribution in [0.2, 0.25) is 0 Å². The molecule has 7 nitrogen and oxygen atoms in total. The molecule has 3 heterocycles. The Morgan fingerprint density at radius 1 is 1.12 bits per heavy atom. The van der Waals surface area contributed by atoms with Gasteiger partial charge in [0.25, 0.3) is 5.56 Å². The maximum Gasteiger partial charge on any atom is 0.340 e. The van der Waals surface area contributed by atoms with Gasteiger partial charge in [0.1, 0.15) is 4.70 Å². The molecule has 4 rings (SSSR count). The number of thiophene rings is 2. The molecule has 0 spiro atoms. The first-order valence-corrected chi connectivity index (χ1v) is 13.0. The minimum Gasteiger partial charge on any atom is -0.462 e. The van der Waals surface area contributed by atoms with Crippen LogP contribution in [0.4, 0.5) is 5.69 Å². The Morgan fingerprint density at radius 2 is 1.97 bits per heavy atom. The van der Waals surface area contributed by atoms with E-state index in [0.717, 1.165) is 0 Å². The lowest BCUT2D eigenvalue weighted by Crippen LogP contribution is -2.24. The van der Waals surface area contributed by atoms with Gasteiger partial charge < -0.3 is 10.1 Å².